The Morgan fingerprint density at radius 1 is 1.47 bits per heavy atom. The second kappa shape index (κ2) is 5.87. The molecule has 5 heteroatoms. The van der Waals surface area contributed by atoms with Crippen molar-refractivity contribution in [2.45, 2.75) is 32.2 Å². The molecule has 1 heterocycles. The van der Waals surface area contributed by atoms with Crippen molar-refractivity contribution < 1.29 is 4.42 Å². The first-order valence-electron chi connectivity index (χ1n) is 5.14. The summed E-state index contributed by atoms with van der Waals surface area (Å²) in [4.78, 5) is 1.96. The van der Waals surface area contributed by atoms with Gasteiger partial charge >= 0.3 is 0 Å². The smallest absolute Gasteiger partial charge is 0.117 e. The van der Waals surface area contributed by atoms with Gasteiger partial charge in [-0.25, -0.2) is 0 Å². The normalized spacial score (nSPS) is 15.5. The fourth-order valence-electron chi connectivity index (χ4n) is 1.48. The quantitative estimate of drug-likeness (QED) is 0.578. The lowest BCUT2D eigenvalue weighted by molar-refractivity contribution is 0.124. The molecule has 2 unspecified atom stereocenters. The van der Waals surface area contributed by atoms with Crippen LogP contribution in [-0.4, -0.2) is 23.8 Å². The summed E-state index contributed by atoms with van der Waals surface area (Å²) in [6, 6.07) is 3.76. The Morgan fingerprint density at radius 2 is 2.20 bits per heavy atom. The van der Waals surface area contributed by atoms with Gasteiger partial charge in [0.25, 0.3) is 0 Å². The van der Waals surface area contributed by atoms with Crippen molar-refractivity contribution in [3.63, 3.8) is 0 Å². The van der Waals surface area contributed by atoms with Gasteiger partial charge in [-0.3, -0.25) is 4.90 Å². The molecule has 86 valence electrons. The van der Waals surface area contributed by atoms with E-state index in [2.05, 4.69) is 0 Å². The fraction of sp³-hybridized carbons (Fsp3) is 0.600. The summed E-state index contributed by atoms with van der Waals surface area (Å²) >= 11 is 0. The molecule has 0 bridgehead atoms. The van der Waals surface area contributed by atoms with E-state index in [9.17, 15) is 0 Å². The van der Waals surface area contributed by atoms with Crippen molar-refractivity contribution >= 4 is 0 Å². The minimum Gasteiger partial charge on any atom is -0.468 e. The van der Waals surface area contributed by atoms with E-state index in [4.69, 9.17) is 21.6 Å². The van der Waals surface area contributed by atoms with Gasteiger partial charge in [0, 0.05) is 0 Å². The van der Waals surface area contributed by atoms with E-state index >= 15 is 0 Å². The van der Waals surface area contributed by atoms with Gasteiger partial charge in [-0.15, -0.1) is 0 Å². The molecule has 1 aromatic heterocycles. The van der Waals surface area contributed by atoms with Gasteiger partial charge in [-0.2, -0.15) is 0 Å². The molecular weight excluding hydrogens is 192 g/mol. The number of hydrogen-bond acceptors (Lipinski definition) is 5. The van der Waals surface area contributed by atoms with Crippen LogP contribution in [0.4, 0.5) is 0 Å². The first kappa shape index (κ1) is 12.2. The van der Waals surface area contributed by atoms with Crippen LogP contribution in [0.2, 0.25) is 0 Å². The SMILES string of the molecule is CC(N)N(Cc1ccco1)C(N)CCN. The van der Waals surface area contributed by atoms with Crippen LogP contribution in [-0.2, 0) is 6.54 Å². The van der Waals surface area contributed by atoms with Crippen LogP contribution < -0.4 is 17.2 Å². The lowest BCUT2D eigenvalue weighted by atomic mass is 10.2. The molecule has 0 aliphatic rings. The highest BCUT2D eigenvalue weighted by Crippen LogP contribution is 2.09. The predicted octanol–water partition coefficient (Wildman–Crippen LogP) is 0.0199. The molecule has 0 spiro atoms. The summed E-state index contributed by atoms with van der Waals surface area (Å²) in [5.74, 6) is 0.861. The van der Waals surface area contributed by atoms with Gasteiger partial charge in [0.05, 0.1) is 25.1 Å². The van der Waals surface area contributed by atoms with Gasteiger partial charge in [-0.1, -0.05) is 0 Å². The standard InChI is InChI=1S/C10H20N4O/c1-8(12)14(10(13)4-5-11)7-9-3-2-6-15-9/h2-3,6,8,10H,4-5,7,11-13H2,1H3. The van der Waals surface area contributed by atoms with Crippen molar-refractivity contribution in [2.24, 2.45) is 17.2 Å². The van der Waals surface area contributed by atoms with Crippen molar-refractivity contribution in [1.29, 1.82) is 0 Å². The largest absolute Gasteiger partial charge is 0.468 e. The Bertz CT molecular complexity index is 260. The zero-order valence-electron chi connectivity index (χ0n) is 9.10. The van der Waals surface area contributed by atoms with E-state index in [0.717, 1.165) is 12.2 Å². The molecule has 0 fully saturated rings. The van der Waals surface area contributed by atoms with Crippen molar-refractivity contribution in [3.8, 4) is 0 Å². The molecular formula is C10H20N4O. The van der Waals surface area contributed by atoms with Crippen LogP contribution in [0.15, 0.2) is 22.8 Å². The molecule has 0 aromatic carbocycles. The van der Waals surface area contributed by atoms with Gasteiger partial charge in [-0.05, 0) is 32.0 Å². The van der Waals surface area contributed by atoms with Crippen LogP contribution >= 0.6 is 0 Å². The zero-order chi connectivity index (χ0) is 11.3. The van der Waals surface area contributed by atoms with Crippen LogP contribution in [0.1, 0.15) is 19.1 Å². The average Bonchev–Trinajstić information content (AvgIpc) is 2.66. The number of hydrogen-bond donors (Lipinski definition) is 3. The van der Waals surface area contributed by atoms with E-state index in [-0.39, 0.29) is 12.3 Å². The third-order valence-electron chi connectivity index (χ3n) is 2.33. The van der Waals surface area contributed by atoms with E-state index in [1.807, 2.05) is 24.0 Å². The highest BCUT2D eigenvalue weighted by molar-refractivity contribution is 4.98. The summed E-state index contributed by atoms with van der Waals surface area (Å²) in [5.41, 5.74) is 17.3. The molecule has 0 radical (unpaired) electrons. The maximum atomic E-state index is 5.97. The van der Waals surface area contributed by atoms with E-state index in [1.54, 1.807) is 6.26 Å². The lowest BCUT2D eigenvalue weighted by Gasteiger charge is -2.31. The fourth-order valence-corrected chi connectivity index (χ4v) is 1.48. The Labute approximate surface area is 90.2 Å². The second-order valence-corrected chi connectivity index (χ2v) is 3.64. The molecule has 0 aliphatic heterocycles. The molecule has 2 atom stereocenters. The molecule has 0 saturated heterocycles. The third-order valence-corrected chi connectivity index (χ3v) is 2.33. The molecule has 1 aromatic rings. The Kier molecular flexibility index (Phi) is 4.77. The maximum absolute atomic E-state index is 5.97. The van der Waals surface area contributed by atoms with Gasteiger partial charge in [0.1, 0.15) is 5.76 Å². The highest BCUT2D eigenvalue weighted by atomic mass is 16.3. The van der Waals surface area contributed by atoms with Gasteiger partial charge < -0.3 is 21.6 Å². The minimum absolute atomic E-state index is 0.114. The first-order chi connectivity index (χ1) is 7.15. The van der Waals surface area contributed by atoms with Crippen LogP contribution in [0, 0.1) is 0 Å². The van der Waals surface area contributed by atoms with E-state index in [1.165, 1.54) is 0 Å². The van der Waals surface area contributed by atoms with Crippen LogP contribution in [0.5, 0.6) is 0 Å². The molecule has 15 heavy (non-hydrogen) atoms. The van der Waals surface area contributed by atoms with Crippen molar-refractivity contribution in [3.05, 3.63) is 24.2 Å². The number of nitrogens with two attached hydrogens (primary N) is 3. The first-order valence-corrected chi connectivity index (χ1v) is 5.14. The maximum Gasteiger partial charge on any atom is 0.117 e. The van der Waals surface area contributed by atoms with Gasteiger partial charge in [0.15, 0.2) is 0 Å². The highest BCUT2D eigenvalue weighted by Gasteiger charge is 2.18. The van der Waals surface area contributed by atoms with E-state index < -0.39 is 0 Å². The predicted molar refractivity (Wildman–Crippen MR) is 59.5 cm³/mol. The monoisotopic (exact) mass is 212 g/mol. The molecule has 0 aliphatic carbocycles. The zero-order valence-corrected chi connectivity index (χ0v) is 9.10. The second-order valence-electron chi connectivity index (χ2n) is 3.64. The van der Waals surface area contributed by atoms with Crippen LogP contribution in [0.3, 0.4) is 0 Å². The number of rotatable bonds is 6. The molecule has 0 amide bonds. The van der Waals surface area contributed by atoms with Gasteiger partial charge in [0.2, 0.25) is 0 Å². The molecule has 1 rings (SSSR count). The minimum atomic E-state index is -0.125. The van der Waals surface area contributed by atoms with Crippen LogP contribution in [0.25, 0.3) is 0 Å². The molecule has 6 N–H and O–H groups in total. The topological polar surface area (TPSA) is 94.4 Å². The summed E-state index contributed by atoms with van der Waals surface area (Å²) in [7, 11) is 0. The lowest BCUT2D eigenvalue weighted by Crippen LogP contribution is -2.50. The Hall–Kier alpha value is -0.880. The van der Waals surface area contributed by atoms with E-state index in [0.29, 0.717) is 13.1 Å². The average molecular weight is 212 g/mol. The Balaban J connectivity index is 2.58. The summed E-state index contributed by atoms with van der Waals surface area (Å²) in [6.45, 7) is 3.08. The summed E-state index contributed by atoms with van der Waals surface area (Å²) < 4.78 is 5.26. The number of furan rings is 1. The summed E-state index contributed by atoms with van der Waals surface area (Å²) in [6.07, 6.45) is 2.13. The third kappa shape index (κ3) is 3.64. The molecule has 0 saturated carbocycles. The number of nitrogens with zero attached hydrogens (tertiary/aromatic N) is 1. The van der Waals surface area contributed by atoms with Crippen molar-refractivity contribution in [2.75, 3.05) is 6.54 Å². The Morgan fingerprint density at radius 3 is 2.67 bits per heavy atom. The molecule has 5 nitrogen and oxygen atoms in total. The van der Waals surface area contributed by atoms with Crippen molar-refractivity contribution in [1.82, 2.24) is 4.90 Å². The summed E-state index contributed by atoms with van der Waals surface area (Å²) in [5, 5.41) is 0.